The highest BCUT2D eigenvalue weighted by Gasteiger charge is 2.16. The van der Waals surface area contributed by atoms with Crippen LogP contribution in [0.4, 0.5) is 0 Å². The second-order valence-corrected chi connectivity index (χ2v) is 7.31. The molecule has 0 unspecified atom stereocenters. The highest BCUT2D eigenvalue weighted by molar-refractivity contribution is 8.00. The van der Waals surface area contributed by atoms with E-state index in [-0.39, 0.29) is 11.2 Å². The second kappa shape index (κ2) is 10.7. The number of nitrogens with zero attached hydrogens (tertiary/aromatic N) is 3. The number of aryl methyl sites for hydroxylation is 2. The summed E-state index contributed by atoms with van der Waals surface area (Å²) in [7, 11) is 0. The number of nitrogens with one attached hydrogen (secondary N) is 1. The van der Waals surface area contributed by atoms with Crippen LogP contribution in [0, 0.1) is 13.8 Å². The molecule has 8 heteroatoms. The van der Waals surface area contributed by atoms with Crippen LogP contribution in [0.2, 0.25) is 0 Å². The van der Waals surface area contributed by atoms with Gasteiger partial charge in [-0.2, -0.15) is 5.10 Å². The Bertz CT molecular complexity index is 822. The lowest BCUT2D eigenvalue weighted by atomic mass is 10.2. The molecule has 7 nitrogen and oxygen atoms in total. The molecule has 1 N–H and O–H groups in total. The van der Waals surface area contributed by atoms with Gasteiger partial charge in [-0.15, -0.1) is 0 Å². The Kier molecular flexibility index (Phi) is 8.25. The smallest absolute Gasteiger partial charge is 0.253 e. The Morgan fingerprint density at radius 3 is 2.43 bits per heavy atom. The zero-order valence-electron chi connectivity index (χ0n) is 16.9. The summed E-state index contributed by atoms with van der Waals surface area (Å²) < 4.78 is 11.1. The van der Waals surface area contributed by atoms with Gasteiger partial charge in [-0.1, -0.05) is 11.8 Å². The van der Waals surface area contributed by atoms with Gasteiger partial charge in [-0.3, -0.25) is 4.79 Å². The summed E-state index contributed by atoms with van der Waals surface area (Å²) in [6, 6.07) is 7.40. The fourth-order valence-corrected chi connectivity index (χ4v) is 3.24. The summed E-state index contributed by atoms with van der Waals surface area (Å²) in [6.45, 7) is 10.5. The maximum absolute atomic E-state index is 12.3. The largest absolute Gasteiger partial charge is 0.490 e. The van der Waals surface area contributed by atoms with Gasteiger partial charge >= 0.3 is 0 Å². The first-order valence-corrected chi connectivity index (χ1v) is 10.0. The van der Waals surface area contributed by atoms with Crippen LogP contribution in [0.3, 0.4) is 0 Å². The van der Waals surface area contributed by atoms with E-state index in [1.807, 2.05) is 52.0 Å². The number of carbonyl (C=O) groups is 1. The van der Waals surface area contributed by atoms with Gasteiger partial charge in [0.2, 0.25) is 0 Å². The number of aromatic nitrogens is 2. The van der Waals surface area contributed by atoms with Crippen molar-refractivity contribution in [3.05, 3.63) is 41.2 Å². The van der Waals surface area contributed by atoms with E-state index in [1.54, 1.807) is 13.1 Å². The minimum absolute atomic E-state index is 0.222. The van der Waals surface area contributed by atoms with Crippen LogP contribution in [0.1, 0.15) is 37.7 Å². The molecule has 0 saturated heterocycles. The maximum Gasteiger partial charge on any atom is 0.253 e. The van der Waals surface area contributed by atoms with Crippen LogP contribution in [0.25, 0.3) is 0 Å². The number of ether oxygens (including phenoxy) is 2. The number of amides is 1. The number of carbonyl (C=O) groups excluding carboxylic acids is 1. The van der Waals surface area contributed by atoms with Gasteiger partial charge in [-0.05, 0) is 64.4 Å². The first-order valence-electron chi connectivity index (χ1n) is 9.14. The van der Waals surface area contributed by atoms with Crippen molar-refractivity contribution >= 4 is 23.9 Å². The molecule has 1 atom stereocenters. The Labute approximate surface area is 170 Å². The molecule has 0 spiro atoms. The molecule has 2 aromatic rings. The van der Waals surface area contributed by atoms with Crippen LogP contribution in [0.15, 0.2) is 34.5 Å². The Balaban J connectivity index is 1.97. The minimum atomic E-state index is -0.377. The molecule has 0 bridgehead atoms. The zero-order valence-corrected chi connectivity index (χ0v) is 17.7. The van der Waals surface area contributed by atoms with E-state index in [4.69, 9.17) is 9.47 Å². The van der Waals surface area contributed by atoms with Gasteiger partial charge in [0.1, 0.15) is 0 Å². The zero-order chi connectivity index (χ0) is 20.5. The van der Waals surface area contributed by atoms with Gasteiger partial charge in [-0.25, -0.2) is 15.4 Å². The monoisotopic (exact) mass is 402 g/mol. The highest BCUT2D eigenvalue weighted by Crippen LogP contribution is 2.28. The molecule has 1 aromatic heterocycles. The summed E-state index contributed by atoms with van der Waals surface area (Å²) >= 11 is 1.30. The van der Waals surface area contributed by atoms with Gasteiger partial charge in [0, 0.05) is 11.4 Å². The normalized spacial score (nSPS) is 12.0. The molecule has 1 amide bonds. The highest BCUT2D eigenvalue weighted by atomic mass is 32.2. The molecule has 0 fully saturated rings. The fraction of sp³-hybridized carbons (Fsp3) is 0.400. The van der Waals surface area contributed by atoms with Crippen molar-refractivity contribution in [3.8, 4) is 11.5 Å². The first-order chi connectivity index (χ1) is 13.4. The minimum Gasteiger partial charge on any atom is -0.490 e. The molecule has 0 saturated carbocycles. The van der Waals surface area contributed by atoms with E-state index in [2.05, 4.69) is 20.5 Å². The molecule has 150 valence electrons. The van der Waals surface area contributed by atoms with Crippen molar-refractivity contribution in [2.75, 3.05) is 13.2 Å². The van der Waals surface area contributed by atoms with Gasteiger partial charge in [0.25, 0.3) is 5.91 Å². The third kappa shape index (κ3) is 6.53. The van der Waals surface area contributed by atoms with Crippen molar-refractivity contribution in [3.63, 3.8) is 0 Å². The summed E-state index contributed by atoms with van der Waals surface area (Å²) in [6.07, 6.45) is 1.57. The third-order valence-electron chi connectivity index (χ3n) is 3.57. The predicted molar refractivity (Wildman–Crippen MR) is 111 cm³/mol. The van der Waals surface area contributed by atoms with Crippen LogP contribution in [0.5, 0.6) is 11.5 Å². The lowest BCUT2D eigenvalue weighted by Gasteiger charge is -2.11. The topological polar surface area (TPSA) is 85.7 Å². The van der Waals surface area contributed by atoms with E-state index in [0.717, 1.165) is 17.0 Å². The van der Waals surface area contributed by atoms with E-state index in [1.165, 1.54) is 11.8 Å². The molecular formula is C20H26N4O3S. The van der Waals surface area contributed by atoms with Crippen molar-refractivity contribution in [1.82, 2.24) is 15.4 Å². The first kappa shape index (κ1) is 21.7. The Morgan fingerprint density at radius 2 is 1.79 bits per heavy atom. The summed E-state index contributed by atoms with van der Waals surface area (Å²) in [4.78, 5) is 21.0. The molecule has 1 aromatic carbocycles. The molecule has 0 aliphatic heterocycles. The number of hydrazone groups is 1. The number of benzene rings is 1. The molecule has 1 heterocycles. The van der Waals surface area contributed by atoms with E-state index < -0.39 is 0 Å². The summed E-state index contributed by atoms with van der Waals surface area (Å²) in [5.74, 6) is 1.11. The van der Waals surface area contributed by atoms with Crippen LogP contribution >= 0.6 is 11.8 Å². The van der Waals surface area contributed by atoms with Crippen LogP contribution in [-0.4, -0.2) is 40.6 Å². The molecule has 0 aliphatic carbocycles. The quantitative estimate of drug-likeness (QED) is 0.299. The van der Waals surface area contributed by atoms with Gasteiger partial charge in [0.15, 0.2) is 16.7 Å². The van der Waals surface area contributed by atoms with E-state index >= 15 is 0 Å². The fourth-order valence-electron chi connectivity index (χ4n) is 2.37. The maximum atomic E-state index is 12.3. The molecule has 28 heavy (non-hydrogen) atoms. The predicted octanol–water partition coefficient (Wildman–Crippen LogP) is 3.52. The standard InChI is InChI=1S/C20H26N4O3S/c1-6-26-17-9-8-16(11-18(17)27-7-2)12-21-24-19(25)15(5)28-20-22-13(3)10-14(4)23-20/h8-12,15H,6-7H2,1-5H3,(H,24,25)/b21-12-/t15-/m0/s1. The van der Waals surface area contributed by atoms with E-state index in [9.17, 15) is 4.79 Å². The number of hydrogen-bond acceptors (Lipinski definition) is 7. The molecule has 2 rings (SSSR count). The van der Waals surface area contributed by atoms with Gasteiger partial charge in [0.05, 0.1) is 24.7 Å². The van der Waals surface area contributed by atoms with E-state index in [0.29, 0.717) is 29.9 Å². The Morgan fingerprint density at radius 1 is 1.14 bits per heavy atom. The molecule has 0 aliphatic rings. The molecule has 0 radical (unpaired) electrons. The average Bonchev–Trinajstić information content (AvgIpc) is 2.63. The summed E-state index contributed by atoms with van der Waals surface area (Å²) in [5, 5.41) is 4.24. The second-order valence-electron chi connectivity index (χ2n) is 6.00. The average molecular weight is 403 g/mol. The SMILES string of the molecule is CCOc1ccc(/C=N\NC(=O)[C@H](C)Sc2nc(C)cc(C)n2)cc1OCC. The number of thioether (sulfide) groups is 1. The van der Waals surface area contributed by atoms with Crippen molar-refractivity contribution in [2.45, 2.75) is 45.0 Å². The lowest BCUT2D eigenvalue weighted by Crippen LogP contribution is -2.27. The van der Waals surface area contributed by atoms with Crippen molar-refractivity contribution in [2.24, 2.45) is 5.10 Å². The van der Waals surface area contributed by atoms with Crippen molar-refractivity contribution < 1.29 is 14.3 Å². The number of rotatable bonds is 9. The van der Waals surface area contributed by atoms with Gasteiger partial charge < -0.3 is 9.47 Å². The van der Waals surface area contributed by atoms with Crippen LogP contribution in [-0.2, 0) is 4.79 Å². The number of hydrogen-bond donors (Lipinski definition) is 1. The summed E-state index contributed by atoms with van der Waals surface area (Å²) in [5.41, 5.74) is 5.10. The Hall–Kier alpha value is -2.61. The van der Waals surface area contributed by atoms with Crippen LogP contribution < -0.4 is 14.9 Å². The third-order valence-corrected chi connectivity index (χ3v) is 4.53. The van der Waals surface area contributed by atoms with Crippen molar-refractivity contribution in [1.29, 1.82) is 0 Å². The lowest BCUT2D eigenvalue weighted by molar-refractivity contribution is -0.120. The molecular weight excluding hydrogens is 376 g/mol.